The summed E-state index contributed by atoms with van der Waals surface area (Å²) < 4.78 is 0. The number of piperidine rings is 2. The molecule has 2 aliphatic rings. The molecule has 3 nitrogen and oxygen atoms in total. The van der Waals surface area contributed by atoms with E-state index in [4.69, 9.17) is 0 Å². The minimum Gasteiger partial charge on any atom is -0.316 e. The van der Waals surface area contributed by atoms with Gasteiger partial charge in [-0.15, -0.1) is 0 Å². The fourth-order valence-corrected chi connectivity index (χ4v) is 3.06. The van der Waals surface area contributed by atoms with E-state index in [1.807, 2.05) is 0 Å². The highest BCUT2D eigenvalue weighted by Gasteiger charge is 2.24. The maximum Gasteiger partial charge on any atom is 0.0217 e. The second-order valence-corrected chi connectivity index (χ2v) is 5.73. The first-order valence-corrected chi connectivity index (χ1v) is 6.85. The Morgan fingerprint density at radius 1 is 1.25 bits per heavy atom. The number of nitrogens with zero attached hydrogens (tertiary/aromatic N) is 2. The lowest BCUT2D eigenvalue weighted by atomic mass is 9.97. The molecular weight excluding hydrogens is 198 g/mol. The highest BCUT2D eigenvalue weighted by atomic mass is 15.2. The number of rotatable bonds is 3. The van der Waals surface area contributed by atoms with Gasteiger partial charge in [0.25, 0.3) is 0 Å². The van der Waals surface area contributed by atoms with E-state index in [2.05, 4.69) is 29.2 Å². The summed E-state index contributed by atoms with van der Waals surface area (Å²) in [7, 11) is 4.44. The molecule has 3 heteroatoms. The molecule has 2 unspecified atom stereocenters. The smallest absolute Gasteiger partial charge is 0.0217 e. The summed E-state index contributed by atoms with van der Waals surface area (Å²) in [6.07, 6.45) is 5.56. The normalized spacial score (nSPS) is 33.2. The molecular formula is C13H27N3. The van der Waals surface area contributed by atoms with Crippen LogP contribution < -0.4 is 5.32 Å². The largest absolute Gasteiger partial charge is 0.316 e. The third-order valence-electron chi connectivity index (χ3n) is 4.13. The average Bonchev–Trinajstić information content (AvgIpc) is 2.30. The van der Waals surface area contributed by atoms with Crippen LogP contribution >= 0.6 is 0 Å². The third-order valence-corrected chi connectivity index (χ3v) is 4.13. The molecule has 0 aromatic heterocycles. The van der Waals surface area contributed by atoms with E-state index in [0.717, 1.165) is 12.0 Å². The first kappa shape index (κ1) is 12.3. The number of likely N-dealkylation sites (N-methyl/N-ethyl adjacent to an activating group) is 1. The van der Waals surface area contributed by atoms with Gasteiger partial charge in [0.05, 0.1) is 0 Å². The molecule has 2 fully saturated rings. The van der Waals surface area contributed by atoms with Crippen molar-refractivity contribution in [2.75, 3.05) is 46.8 Å². The fourth-order valence-electron chi connectivity index (χ4n) is 3.06. The van der Waals surface area contributed by atoms with Crippen molar-refractivity contribution in [3.8, 4) is 0 Å². The molecule has 0 aromatic carbocycles. The molecule has 94 valence electrons. The van der Waals surface area contributed by atoms with E-state index < -0.39 is 0 Å². The first-order chi connectivity index (χ1) is 7.75. The van der Waals surface area contributed by atoms with Crippen LogP contribution in [0, 0.1) is 5.92 Å². The zero-order valence-electron chi connectivity index (χ0n) is 10.9. The van der Waals surface area contributed by atoms with Crippen molar-refractivity contribution >= 4 is 0 Å². The molecule has 2 atom stereocenters. The minimum absolute atomic E-state index is 0.783. The SMILES string of the molecule is CN(C)C1CCCN(CC2CCCNC2)C1. The Hall–Kier alpha value is -0.120. The van der Waals surface area contributed by atoms with Crippen molar-refractivity contribution in [1.82, 2.24) is 15.1 Å². The first-order valence-electron chi connectivity index (χ1n) is 6.85. The number of hydrogen-bond donors (Lipinski definition) is 1. The summed E-state index contributed by atoms with van der Waals surface area (Å²) in [5, 5.41) is 3.52. The molecule has 16 heavy (non-hydrogen) atoms. The van der Waals surface area contributed by atoms with Gasteiger partial charge >= 0.3 is 0 Å². The minimum atomic E-state index is 0.783. The van der Waals surface area contributed by atoms with E-state index in [1.165, 1.54) is 58.4 Å². The molecule has 0 aromatic rings. The Labute approximate surface area is 100 Å². The van der Waals surface area contributed by atoms with Crippen molar-refractivity contribution in [3.63, 3.8) is 0 Å². The van der Waals surface area contributed by atoms with Gasteiger partial charge in [-0.25, -0.2) is 0 Å². The number of hydrogen-bond acceptors (Lipinski definition) is 3. The fraction of sp³-hybridized carbons (Fsp3) is 1.00. The summed E-state index contributed by atoms with van der Waals surface area (Å²) in [6, 6.07) is 0.783. The van der Waals surface area contributed by atoms with Crippen LogP contribution in [-0.2, 0) is 0 Å². The van der Waals surface area contributed by atoms with E-state index in [1.54, 1.807) is 0 Å². The van der Waals surface area contributed by atoms with Gasteiger partial charge in [0, 0.05) is 19.1 Å². The van der Waals surface area contributed by atoms with Crippen LogP contribution in [0.1, 0.15) is 25.7 Å². The molecule has 2 saturated heterocycles. The van der Waals surface area contributed by atoms with Crippen molar-refractivity contribution in [2.45, 2.75) is 31.7 Å². The van der Waals surface area contributed by atoms with Crippen LogP contribution in [0.2, 0.25) is 0 Å². The Bertz CT molecular complexity index is 199. The average molecular weight is 225 g/mol. The standard InChI is InChI=1S/C13H27N3/c1-15(2)13-6-4-8-16(11-13)10-12-5-3-7-14-9-12/h12-14H,3-11H2,1-2H3. The lowest BCUT2D eigenvalue weighted by Gasteiger charge is -2.38. The zero-order chi connectivity index (χ0) is 11.4. The second-order valence-electron chi connectivity index (χ2n) is 5.73. The van der Waals surface area contributed by atoms with Gasteiger partial charge < -0.3 is 15.1 Å². The molecule has 0 bridgehead atoms. The highest BCUT2D eigenvalue weighted by Crippen LogP contribution is 2.17. The van der Waals surface area contributed by atoms with Crippen LogP contribution in [0.15, 0.2) is 0 Å². The molecule has 2 rings (SSSR count). The van der Waals surface area contributed by atoms with Crippen LogP contribution in [0.3, 0.4) is 0 Å². The monoisotopic (exact) mass is 225 g/mol. The molecule has 0 spiro atoms. The van der Waals surface area contributed by atoms with Crippen LogP contribution in [0.25, 0.3) is 0 Å². The van der Waals surface area contributed by atoms with Gasteiger partial charge in [0.15, 0.2) is 0 Å². The summed E-state index contributed by atoms with van der Waals surface area (Å²) in [5.74, 6) is 0.898. The van der Waals surface area contributed by atoms with Gasteiger partial charge in [-0.1, -0.05) is 0 Å². The lowest BCUT2D eigenvalue weighted by molar-refractivity contribution is 0.112. The van der Waals surface area contributed by atoms with E-state index in [-0.39, 0.29) is 0 Å². The van der Waals surface area contributed by atoms with Gasteiger partial charge in [-0.05, 0) is 65.3 Å². The summed E-state index contributed by atoms with van der Waals surface area (Å²) >= 11 is 0. The number of nitrogens with one attached hydrogen (secondary N) is 1. The second kappa shape index (κ2) is 5.99. The predicted molar refractivity (Wildman–Crippen MR) is 68.7 cm³/mol. The summed E-state index contributed by atoms with van der Waals surface area (Å²) in [4.78, 5) is 5.08. The molecule has 0 aliphatic carbocycles. The Kier molecular flexibility index (Phi) is 4.62. The number of likely N-dealkylation sites (tertiary alicyclic amines) is 1. The van der Waals surface area contributed by atoms with Crippen molar-refractivity contribution in [3.05, 3.63) is 0 Å². The van der Waals surface area contributed by atoms with E-state index in [9.17, 15) is 0 Å². The Morgan fingerprint density at radius 2 is 2.12 bits per heavy atom. The van der Waals surface area contributed by atoms with Crippen molar-refractivity contribution in [2.24, 2.45) is 5.92 Å². The Balaban J connectivity index is 1.75. The van der Waals surface area contributed by atoms with Crippen LogP contribution in [0.4, 0.5) is 0 Å². The van der Waals surface area contributed by atoms with Crippen molar-refractivity contribution in [1.29, 1.82) is 0 Å². The lowest BCUT2D eigenvalue weighted by Crippen LogP contribution is -2.48. The van der Waals surface area contributed by atoms with Crippen molar-refractivity contribution < 1.29 is 0 Å². The molecule has 0 amide bonds. The Morgan fingerprint density at radius 3 is 2.81 bits per heavy atom. The van der Waals surface area contributed by atoms with E-state index in [0.29, 0.717) is 0 Å². The predicted octanol–water partition coefficient (Wildman–Crippen LogP) is 1.01. The molecule has 0 radical (unpaired) electrons. The maximum atomic E-state index is 3.52. The molecule has 1 N–H and O–H groups in total. The van der Waals surface area contributed by atoms with Gasteiger partial charge in [0.2, 0.25) is 0 Å². The van der Waals surface area contributed by atoms with Gasteiger partial charge in [-0.3, -0.25) is 0 Å². The summed E-state index contributed by atoms with van der Waals surface area (Å²) in [5.41, 5.74) is 0. The van der Waals surface area contributed by atoms with Gasteiger partial charge in [0.1, 0.15) is 0 Å². The summed E-state index contributed by atoms with van der Waals surface area (Å²) in [6.45, 7) is 6.39. The maximum absolute atomic E-state index is 3.52. The molecule has 2 aliphatic heterocycles. The zero-order valence-corrected chi connectivity index (χ0v) is 10.9. The highest BCUT2D eigenvalue weighted by molar-refractivity contribution is 4.81. The topological polar surface area (TPSA) is 18.5 Å². The van der Waals surface area contributed by atoms with Crippen LogP contribution in [0.5, 0.6) is 0 Å². The van der Waals surface area contributed by atoms with Crippen LogP contribution in [-0.4, -0.2) is 62.7 Å². The molecule has 0 saturated carbocycles. The van der Waals surface area contributed by atoms with E-state index >= 15 is 0 Å². The third kappa shape index (κ3) is 3.44. The van der Waals surface area contributed by atoms with Gasteiger partial charge in [-0.2, -0.15) is 0 Å². The quantitative estimate of drug-likeness (QED) is 0.773. The molecule has 2 heterocycles.